The van der Waals surface area contributed by atoms with Crippen LogP contribution in [0.4, 0.5) is 4.39 Å². The number of rotatable bonds is 6. The Balaban J connectivity index is 1.91. The molecule has 17 heavy (non-hydrogen) atoms. The molecule has 0 heterocycles. The summed E-state index contributed by atoms with van der Waals surface area (Å²) in [5.41, 5.74) is 0. The van der Waals surface area contributed by atoms with Crippen molar-refractivity contribution in [3.63, 3.8) is 0 Å². The van der Waals surface area contributed by atoms with Gasteiger partial charge < -0.3 is 5.32 Å². The molecule has 0 radical (unpaired) electrons. The maximum atomic E-state index is 13.3. The van der Waals surface area contributed by atoms with Crippen molar-refractivity contribution < 1.29 is 12.8 Å². The van der Waals surface area contributed by atoms with Crippen LogP contribution in [0, 0.1) is 5.82 Å². The van der Waals surface area contributed by atoms with Crippen LogP contribution in [0.3, 0.4) is 0 Å². The standard InChI is InChI=1S/C12H16FNO2S/c13-11-4-1-2-5-12(11)17(15,16)9-3-8-14-10-6-7-10/h1-2,4-5,10,14H,3,6-9H2. The predicted molar refractivity (Wildman–Crippen MR) is 64.1 cm³/mol. The van der Waals surface area contributed by atoms with E-state index in [1.807, 2.05) is 0 Å². The highest BCUT2D eigenvalue weighted by Crippen LogP contribution is 2.19. The zero-order chi connectivity index (χ0) is 12.3. The number of nitrogens with one attached hydrogen (secondary N) is 1. The van der Waals surface area contributed by atoms with E-state index in [1.54, 1.807) is 6.07 Å². The van der Waals surface area contributed by atoms with Crippen LogP contribution in [0.25, 0.3) is 0 Å². The number of sulfone groups is 1. The van der Waals surface area contributed by atoms with Gasteiger partial charge in [0.2, 0.25) is 0 Å². The van der Waals surface area contributed by atoms with Gasteiger partial charge >= 0.3 is 0 Å². The second-order valence-electron chi connectivity index (χ2n) is 4.33. The van der Waals surface area contributed by atoms with Crippen LogP contribution in [-0.2, 0) is 9.84 Å². The molecule has 1 aliphatic rings. The summed E-state index contributed by atoms with van der Waals surface area (Å²) >= 11 is 0. The van der Waals surface area contributed by atoms with E-state index in [4.69, 9.17) is 0 Å². The van der Waals surface area contributed by atoms with Crippen LogP contribution >= 0.6 is 0 Å². The molecule has 1 aromatic rings. The molecule has 1 aromatic carbocycles. The number of benzene rings is 1. The molecule has 1 saturated carbocycles. The van der Waals surface area contributed by atoms with E-state index in [0.717, 1.165) is 0 Å². The van der Waals surface area contributed by atoms with E-state index in [-0.39, 0.29) is 10.6 Å². The highest BCUT2D eigenvalue weighted by molar-refractivity contribution is 7.91. The Labute approximate surface area is 101 Å². The first-order valence-corrected chi connectivity index (χ1v) is 7.45. The van der Waals surface area contributed by atoms with Gasteiger partial charge in [-0.25, -0.2) is 12.8 Å². The zero-order valence-corrected chi connectivity index (χ0v) is 10.3. The lowest BCUT2D eigenvalue weighted by molar-refractivity contribution is 0.563. The maximum absolute atomic E-state index is 13.3. The third-order valence-electron chi connectivity index (χ3n) is 2.77. The molecule has 0 atom stereocenters. The Kier molecular flexibility index (Phi) is 3.79. The average molecular weight is 257 g/mol. The Bertz CT molecular complexity index is 483. The van der Waals surface area contributed by atoms with Crippen LogP contribution in [0.15, 0.2) is 29.2 Å². The summed E-state index contributed by atoms with van der Waals surface area (Å²) in [6, 6.07) is 6.10. The van der Waals surface area contributed by atoms with Gasteiger partial charge in [-0.1, -0.05) is 12.1 Å². The summed E-state index contributed by atoms with van der Waals surface area (Å²) in [5, 5.41) is 3.24. The van der Waals surface area contributed by atoms with Crippen molar-refractivity contribution in [2.45, 2.75) is 30.2 Å². The first-order valence-electron chi connectivity index (χ1n) is 5.80. The van der Waals surface area contributed by atoms with E-state index in [9.17, 15) is 12.8 Å². The number of hydrogen-bond donors (Lipinski definition) is 1. The van der Waals surface area contributed by atoms with Crippen LogP contribution in [0.2, 0.25) is 0 Å². The van der Waals surface area contributed by atoms with Crippen molar-refractivity contribution in [1.82, 2.24) is 5.32 Å². The first kappa shape index (κ1) is 12.5. The minimum absolute atomic E-state index is 0.00630. The smallest absolute Gasteiger partial charge is 0.181 e. The molecule has 0 bridgehead atoms. The summed E-state index contributed by atoms with van der Waals surface area (Å²) in [6.07, 6.45) is 2.88. The van der Waals surface area contributed by atoms with Gasteiger partial charge in [0.05, 0.1) is 5.75 Å². The normalized spacial score (nSPS) is 16.1. The van der Waals surface area contributed by atoms with E-state index >= 15 is 0 Å². The van der Waals surface area contributed by atoms with E-state index in [0.29, 0.717) is 19.0 Å². The van der Waals surface area contributed by atoms with E-state index in [1.165, 1.54) is 31.0 Å². The Morgan fingerprint density at radius 1 is 1.29 bits per heavy atom. The highest BCUT2D eigenvalue weighted by atomic mass is 32.2. The lowest BCUT2D eigenvalue weighted by Crippen LogP contribution is -2.20. The Morgan fingerprint density at radius 3 is 2.65 bits per heavy atom. The van der Waals surface area contributed by atoms with Gasteiger partial charge in [0.25, 0.3) is 0 Å². The molecule has 0 saturated heterocycles. The molecule has 2 rings (SSSR count). The maximum Gasteiger partial charge on any atom is 0.181 e. The Hall–Kier alpha value is -0.940. The topological polar surface area (TPSA) is 46.2 Å². The predicted octanol–water partition coefficient (Wildman–Crippen LogP) is 1.74. The summed E-state index contributed by atoms with van der Waals surface area (Å²) in [5.74, 6) is -0.671. The molecule has 0 aliphatic heterocycles. The number of halogens is 1. The van der Waals surface area contributed by atoms with Crippen LogP contribution < -0.4 is 5.32 Å². The third-order valence-corrected chi connectivity index (χ3v) is 4.60. The highest BCUT2D eigenvalue weighted by Gasteiger charge is 2.21. The quantitative estimate of drug-likeness (QED) is 0.790. The van der Waals surface area contributed by atoms with Crippen molar-refractivity contribution in [3.8, 4) is 0 Å². The molecule has 1 fully saturated rings. The van der Waals surface area contributed by atoms with Gasteiger partial charge in [-0.3, -0.25) is 0 Å². The molecule has 94 valence electrons. The largest absolute Gasteiger partial charge is 0.314 e. The van der Waals surface area contributed by atoms with Crippen LogP contribution in [0.1, 0.15) is 19.3 Å². The molecular formula is C12H16FNO2S. The molecule has 1 aliphatic carbocycles. The molecular weight excluding hydrogens is 241 g/mol. The van der Waals surface area contributed by atoms with Crippen LogP contribution in [0.5, 0.6) is 0 Å². The van der Waals surface area contributed by atoms with Gasteiger partial charge in [0.1, 0.15) is 10.7 Å². The lowest BCUT2D eigenvalue weighted by atomic mass is 10.3. The number of hydrogen-bond acceptors (Lipinski definition) is 3. The molecule has 0 spiro atoms. The Morgan fingerprint density at radius 2 is 2.00 bits per heavy atom. The van der Waals surface area contributed by atoms with E-state index in [2.05, 4.69) is 5.32 Å². The molecule has 3 nitrogen and oxygen atoms in total. The SMILES string of the molecule is O=S(=O)(CCCNC1CC1)c1ccccc1F. The van der Waals surface area contributed by atoms with Crippen LogP contribution in [-0.4, -0.2) is 26.8 Å². The van der Waals surface area contributed by atoms with Gasteiger partial charge in [0.15, 0.2) is 9.84 Å². The fourth-order valence-electron chi connectivity index (χ4n) is 1.66. The van der Waals surface area contributed by atoms with Gasteiger partial charge in [0, 0.05) is 6.04 Å². The summed E-state index contributed by atoms with van der Waals surface area (Å²) in [7, 11) is -3.48. The third kappa shape index (κ3) is 3.51. The lowest BCUT2D eigenvalue weighted by Gasteiger charge is -2.06. The molecule has 0 unspecified atom stereocenters. The first-order chi connectivity index (χ1) is 8.09. The van der Waals surface area contributed by atoms with Crippen molar-refractivity contribution in [1.29, 1.82) is 0 Å². The average Bonchev–Trinajstić information content (AvgIpc) is 3.09. The van der Waals surface area contributed by atoms with Crippen molar-refractivity contribution in [2.24, 2.45) is 0 Å². The van der Waals surface area contributed by atoms with E-state index < -0.39 is 15.7 Å². The summed E-state index contributed by atoms with van der Waals surface area (Å²) < 4.78 is 37.0. The summed E-state index contributed by atoms with van der Waals surface area (Å²) in [6.45, 7) is 0.679. The zero-order valence-electron chi connectivity index (χ0n) is 9.52. The minimum atomic E-state index is -3.48. The molecule has 1 N–H and O–H groups in total. The fraction of sp³-hybridized carbons (Fsp3) is 0.500. The monoisotopic (exact) mass is 257 g/mol. The van der Waals surface area contributed by atoms with Gasteiger partial charge in [-0.2, -0.15) is 0 Å². The van der Waals surface area contributed by atoms with Gasteiger partial charge in [-0.15, -0.1) is 0 Å². The molecule has 5 heteroatoms. The second-order valence-corrected chi connectivity index (χ2v) is 6.41. The minimum Gasteiger partial charge on any atom is -0.314 e. The van der Waals surface area contributed by atoms with Crippen molar-refractivity contribution in [2.75, 3.05) is 12.3 Å². The molecule has 0 aromatic heterocycles. The van der Waals surface area contributed by atoms with Crippen molar-refractivity contribution in [3.05, 3.63) is 30.1 Å². The second kappa shape index (κ2) is 5.14. The van der Waals surface area contributed by atoms with Gasteiger partial charge in [-0.05, 0) is 37.9 Å². The fourth-order valence-corrected chi connectivity index (χ4v) is 3.06. The molecule has 0 amide bonds. The summed E-state index contributed by atoms with van der Waals surface area (Å²) in [4.78, 5) is -0.188. The van der Waals surface area contributed by atoms with Crippen molar-refractivity contribution >= 4 is 9.84 Å².